The number of hydrogen-bond donors (Lipinski definition) is 1. The van der Waals surface area contributed by atoms with Gasteiger partial charge >= 0.3 is 0 Å². The van der Waals surface area contributed by atoms with Crippen molar-refractivity contribution in [3.05, 3.63) is 70.2 Å². The van der Waals surface area contributed by atoms with E-state index in [9.17, 15) is 0 Å². The van der Waals surface area contributed by atoms with Gasteiger partial charge in [-0.05, 0) is 36.2 Å². The minimum absolute atomic E-state index is 0.602. The molecule has 0 saturated heterocycles. The highest BCUT2D eigenvalue weighted by Gasteiger charge is 2.05. The molecule has 3 heteroatoms. The smallest absolute Gasteiger partial charge is 0.0451 e. The zero-order valence-electron chi connectivity index (χ0n) is 11.8. The minimum atomic E-state index is 0.602. The summed E-state index contributed by atoms with van der Waals surface area (Å²) in [6, 6.07) is 16.4. The monoisotopic (exact) mass is 288 g/mol. The van der Waals surface area contributed by atoms with E-state index in [0.29, 0.717) is 6.54 Å². The molecule has 0 aliphatic heterocycles. The van der Waals surface area contributed by atoms with Gasteiger partial charge < -0.3 is 10.6 Å². The van der Waals surface area contributed by atoms with Crippen molar-refractivity contribution >= 4 is 11.6 Å². The molecule has 2 aromatic carbocycles. The van der Waals surface area contributed by atoms with Crippen LogP contribution in [0.3, 0.4) is 0 Å². The third-order valence-electron chi connectivity index (χ3n) is 3.50. The van der Waals surface area contributed by atoms with Crippen LogP contribution in [0.5, 0.6) is 0 Å². The van der Waals surface area contributed by atoms with E-state index < -0.39 is 0 Å². The molecule has 0 unspecified atom stereocenters. The summed E-state index contributed by atoms with van der Waals surface area (Å²) in [7, 11) is 2.12. The molecule has 0 heterocycles. The molecule has 2 aromatic rings. The average molecular weight is 289 g/mol. The van der Waals surface area contributed by atoms with E-state index in [-0.39, 0.29) is 0 Å². The fraction of sp³-hybridized carbons (Fsp3) is 0.294. The van der Waals surface area contributed by atoms with E-state index in [0.717, 1.165) is 24.5 Å². The van der Waals surface area contributed by atoms with Crippen molar-refractivity contribution in [1.29, 1.82) is 0 Å². The first-order valence-electron chi connectivity index (χ1n) is 6.89. The first-order valence-corrected chi connectivity index (χ1v) is 7.27. The van der Waals surface area contributed by atoms with Crippen molar-refractivity contribution in [1.82, 2.24) is 4.90 Å². The Morgan fingerprint density at radius 1 is 0.950 bits per heavy atom. The standard InChI is InChI=1S/C17H21ClN2/c1-20(13-16-8-4-5-9-17(16)18)11-10-14-6-2-3-7-15(14)12-19/h2-9H,10-13,19H2,1H3. The summed E-state index contributed by atoms with van der Waals surface area (Å²) in [5.74, 6) is 0. The summed E-state index contributed by atoms with van der Waals surface area (Å²) in [6.07, 6.45) is 1.01. The van der Waals surface area contributed by atoms with Gasteiger partial charge in [-0.15, -0.1) is 0 Å². The maximum Gasteiger partial charge on any atom is 0.0451 e. The Morgan fingerprint density at radius 3 is 2.20 bits per heavy atom. The van der Waals surface area contributed by atoms with E-state index in [1.54, 1.807) is 0 Å². The molecule has 2 rings (SSSR count). The van der Waals surface area contributed by atoms with E-state index in [1.165, 1.54) is 16.7 Å². The highest BCUT2D eigenvalue weighted by Crippen LogP contribution is 2.17. The molecule has 0 saturated carbocycles. The molecule has 0 bridgehead atoms. The normalized spacial score (nSPS) is 11.0. The van der Waals surface area contributed by atoms with Crippen LogP contribution in [0.2, 0.25) is 5.02 Å². The van der Waals surface area contributed by atoms with E-state index in [2.05, 4.69) is 36.2 Å². The molecular weight excluding hydrogens is 268 g/mol. The van der Waals surface area contributed by atoms with Crippen LogP contribution >= 0.6 is 11.6 Å². The second-order valence-corrected chi connectivity index (χ2v) is 5.46. The Kier molecular flexibility index (Phi) is 5.60. The van der Waals surface area contributed by atoms with E-state index in [4.69, 9.17) is 17.3 Å². The molecule has 0 aliphatic rings. The van der Waals surface area contributed by atoms with Crippen LogP contribution < -0.4 is 5.73 Å². The molecule has 0 aromatic heterocycles. The molecule has 106 valence electrons. The maximum atomic E-state index is 6.19. The van der Waals surface area contributed by atoms with Crippen LogP contribution in [0.4, 0.5) is 0 Å². The van der Waals surface area contributed by atoms with Crippen LogP contribution in [-0.4, -0.2) is 18.5 Å². The molecule has 2 nitrogen and oxygen atoms in total. The molecular formula is C17H21ClN2. The van der Waals surface area contributed by atoms with E-state index in [1.807, 2.05) is 24.3 Å². The SMILES string of the molecule is CN(CCc1ccccc1CN)Cc1ccccc1Cl. The summed E-state index contributed by atoms with van der Waals surface area (Å²) in [6.45, 7) is 2.46. The molecule has 0 amide bonds. The van der Waals surface area contributed by atoms with Crippen molar-refractivity contribution < 1.29 is 0 Å². The summed E-state index contributed by atoms with van der Waals surface area (Å²) in [5, 5.41) is 0.835. The van der Waals surface area contributed by atoms with Gasteiger partial charge in [-0.25, -0.2) is 0 Å². The number of benzene rings is 2. The quantitative estimate of drug-likeness (QED) is 0.882. The summed E-state index contributed by atoms with van der Waals surface area (Å²) in [4.78, 5) is 2.29. The summed E-state index contributed by atoms with van der Waals surface area (Å²) >= 11 is 6.19. The van der Waals surface area contributed by atoms with Crippen LogP contribution in [-0.2, 0) is 19.5 Å². The highest BCUT2D eigenvalue weighted by atomic mass is 35.5. The van der Waals surface area contributed by atoms with Gasteiger partial charge in [-0.1, -0.05) is 54.1 Å². The van der Waals surface area contributed by atoms with Crippen LogP contribution in [0.15, 0.2) is 48.5 Å². The van der Waals surface area contributed by atoms with Crippen LogP contribution in [0.25, 0.3) is 0 Å². The van der Waals surface area contributed by atoms with Crippen molar-refractivity contribution in [3.63, 3.8) is 0 Å². The predicted octanol–water partition coefficient (Wildman–Crippen LogP) is 3.47. The Hall–Kier alpha value is -1.35. The van der Waals surface area contributed by atoms with Gasteiger partial charge in [0, 0.05) is 24.7 Å². The Bertz CT molecular complexity index is 554. The number of nitrogens with zero attached hydrogens (tertiary/aromatic N) is 1. The van der Waals surface area contributed by atoms with Gasteiger partial charge in [0.2, 0.25) is 0 Å². The minimum Gasteiger partial charge on any atom is -0.326 e. The first-order chi connectivity index (χ1) is 9.70. The Balaban J connectivity index is 1.92. The van der Waals surface area contributed by atoms with Gasteiger partial charge in [0.15, 0.2) is 0 Å². The number of halogens is 1. The predicted molar refractivity (Wildman–Crippen MR) is 85.8 cm³/mol. The van der Waals surface area contributed by atoms with Crippen molar-refractivity contribution in [2.24, 2.45) is 5.73 Å². The molecule has 0 aliphatic carbocycles. The molecule has 0 spiro atoms. The average Bonchev–Trinajstić information content (AvgIpc) is 2.48. The lowest BCUT2D eigenvalue weighted by Gasteiger charge is -2.18. The van der Waals surface area contributed by atoms with Crippen LogP contribution in [0, 0.1) is 0 Å². The van der Waals surface area contributed by atoms with Gasteiger partial charge in [0.1, 0.15) is 0 Å². The summed E-state index contributed by atoms with van der Waals surface area (Å²) < 4.78 is 0. The lowest BCUT2D eigenvalue weighted by Crippen LogP contribution is -2.21. The number of nitrogens with two attached hydrogens (primary N) is 1. The Labute approximate surface area is 126 Å². The van der Waals surface area contributed by atoms with Gasteiger partial charge in [0.05, 0.1) is 0 Å². The van der Waals surface area contributed by atoms with Gasteiger partial charge in [-0.2, -0.15) is 0 Å². The second kappa shape index (κ2) is 7.44. The number of rotatable bonds is 6. The third kappa shape index (κ3) is 4.07. The first kappa shape index (κ1) is 15.0. The van der Waals surface area contributed by atoms with Crippen molar-refractivity contribution in [3.8, 4) is 0 Å². The Morgan fingerprint density at radius 2 is 1.55 bits per heavy atom. The molecule has 0 atom stereocenters. The lowest BCUT2D eigenvalue weighted by molar-refractivity contribution is 0.331. The third-order valence-corrected chi connectivity index (χ3v) is 3.87. The van der Waals surface area contributed by atoms with Gasteiger partial charge in [-0.3, -0.25) is 0 Å². The highest BCUT2D eigenvalue weighted by molar-refractivity contribution is 6.31. The molecule has 2 N–H and O–H groups in total. The van der Waals surface area contributed by atoms with Gasteiger partial charge in [0.25, 0.3) is 0 Å². The fourth-order valence-corrected chi connectivity index (χ4v) is 2.50. The fourth-order valence-electron chi connectivity index (χ4n) is 2.31. The van der Waals surface area contributed by atoms with E-state index >= 15 is 0 Å². The molecule has 20 heavy (non-hydrogen) atoms. The lowest BCUT2D eigenvalue weighted by atomic mass is 10.0. The zero-order valence-corrected chi connectivity index (χ0v) is 12.6. The molecule has 0 radical (unpaired) electrons. The molecule has 0 fully saturated rings. The maximum absolute atomic E-state index is 6.19. The van der Waals surface area contributed by atoms with Crippen molar-refractivity contribution in [2.75, 3.05) is 13.6 Å². The second-order valence-electron chi connectivity index (χ2n) is 5.05. The largest absolute Gasteiger partial charge is 0.326 e. The topological polar surface area (TPSA) is 29.3 Å². The van der Waals surface area contributed by atoms with Crippen molar-refractivity contribution in [2.45, 2.75) is 19.5 Å². The summed E-state index contributed by atoms with van der Waals surface area (Å²) in [5.41, 5.74) is 9.51. The zero-order chi connectivity index (χ0) is 14.4. The number of likely N-dealkylation sites (N-methyl/N-ethyl adjacent to an activating group) is 1. The number of hydrogen-bond acceptors (Lipinski definition) is 2. The van der Waals surface area contributed by atoms with Crippen LogP contribution in [0.1, 0.15) is 16.7 Å².